The first-order valence-corrected chi connectivity index (χ1v) is 12.0. The van der Waals surface area contributed by atoms with Crippen LogP contribution in [0.2, 0.25) is 0 Å². The van der Waals surface area contributed by atoms with Gasteiger partial charge in [-0.3, -0.25) is 4.90 Å². The molecule has 7 heteroatoms. The van der Waals surface area contributed by atoms with Gasteiger partial charge in [0.25, 0.3) is 0 Å². The van der Waals surface area contributed by atoms with Crippen LogP contribution in [0.3, 0.4) is 0 Å². The van der Waals surface area contributed by atoms with Crippen molar-refractivity contribution in [3.05, 3.63) is 64.1 Å². The van der Waals surface area contributed by atoms with Gasteiger partial charge in [-0.1, -0.05) is 46.3 Å². The summed E-state index contributed by atoms with van der Waals surface area (Å²) in [5.74, 6) is 0. The van der Waals surface area contributed by atoms with Crippen LogP contribution in [-0.4, -0.2) is 39.6 Å². The Bertz CT molecular complexity index is 1030. The van der Waals surface area contributed by atoms with Gasteiger partial charge in [0.05, 0.1) is 6.04 Å². The molecule has 2 aromatic rings. The second kappa shape index (κ2) is 8.10. The zero-order valence-corrected chi connectivity index (χ0v) is 20.0. The van der Waals surface area contributed by atoms with E-state index in [0.29, 0.717) is 6.54 Å². The van der Waals surface area contributed by atoms with E-state index in [4.69, 9.17) is 4.74 Å². The first-order valence-electron chi connectivity index (χ1n) is 11.3. The number of cyclic esters (lactones) is 1. The lowest BCUT2D eigenvalue weighted by Crippen LogP contribution is -2.49. The van der Waals surface area contributed by atoms with E-state index in [9.17, 15) is 9.59 Å². The minimum absolute atomic E-state index is 0.0350. The number of hydrogen-bond acceptors (Lipinski definition) is 3. The van der Waals surface area contributed by atoms with Crippen LogP contribution < -0.4 is 5.32 Å². The van der Waals surface area contributed by atoms with Crippen LogP contribution in [0.4, 0.5) is 15.3 Å². The van der Waals surface area contributed by atoms with Crippen molar-refractivity contribution in [2.45, 2.75) is 69.8 Å². The molecule has 1 atom stereocenters. The molecule has 5 rings (SSSR count). The summed E-state index contributed by atoms with van der Waals surface area (Å²) in [6.45, 7) is 4.59. The van der Waals surface area contributed by atoms with Crippen molar-refractivity contribution in [2.24, 2.45) is 0 Å². The van der Waals surface area contributed by atoms with E-state index >= 15 is 0 Å². The number of hydrogen-bond donors (Lipinski definition) is 1. The summed E-state index contributed by atoms with van der Waals surface area (Å²) >= 11 is 3.53. The van der Waals surface area contributed by atoms with E-state index < -0.39 is 5.60 Å². The molecule has 0 aromatic heterocycles. The van der Waals surface area contributed by atoms with Crippen LogP contribution in [-0.2, 0) is 11.3 Å². The fourth-order valence-corrected chi connectivity index (χ4v) is 5.94. The van der Waals surface area contributed by atoms with Crippen LogP contribution in [0.15, 0.2) is 53.0 Å². The smallest absolute Gasteiger partial charge is 0.411 e. The minimum Gasteiger partial charge on any atom is -0.441 e. The number of nitrogens with one attached hydrogen (secondary N) is 1. The quantitative estimate of drug-likeness (QED) is 0.558. The lowest BCUT2D eigenvalue weighted by molar-refractivity contribution is 0.0657. The number of amides is 3. The van der Waals surface area contributed by atoms with Crippen molar-refractivity contribution < 1.29 is 14.3 Å². The van der Waals surface area contributed by atoms with Crippen molar-refractivity contribution in [2.75, 3.05) is 5.32 Å². The van der Waals surface area contributed by atoms with E-state index in [0.717, 1.165) is 47.0 Å². The van der Waals surface area contributed by atoms with Gasteiger partial charge in [0.1, 0.15) is 5.60 Å². The summed E-state index contributed by atoms with van der Waals surface area (Å²) in [5, 5.41) is 3.03. The summed E-state index contributed by atoms with van der Waals surface area (Å²) in [4.78, 5) is 29.6. The molecule has 1 N–H and O–H groups in total. The number of benzene rings is 2. The highest BCUT2D eigenvalue weighted by Gasteiger charge is 2.51. The van der Waals surface area contributed by atoms with Crippen molar-refractivity contribution in [1.29, 1.82) is 0 Å². The van der Waals surface area contributed by atoms with Gasteiger partial charge in [-0.05, 0) is 68.9 Å². The molecule has 1 saturated heterocycles. The van der Waals surface area contributed by atoms with Gasteiger partial charge >= 0.3 is 12.1 Å². The Morgan fingerprint density at radius 3 is 2.41 bits per heavy atom. The zero-order chi connectivity index (χ0) is 22.5. The summed E-state index contributed by atoms with van der Waals surface area (Å²) in [6.07, 6.45) is 3.21. The van der Waals surface area contributed by atoms with E-state index in [-0.39, 0.29) is 30.2 Å². The number of halogens is 1. The van der Waals surface area contributed by atoms with Crippen molar-refractivity contribution in [3.63, 3.8) is 0 Å². The Morgan fingerprint density at radius 1 is 1.00 bits per heavy atom. The first kappa shape index (κ1) is 21.3. The van der Waals surface area contributed by atoms with Crippen LogP contribution in [0.1, 0.15) is 56.7 Å². The molecule has 3 aliphatic rings. The van der Waals surface area contributed by atoms with Gasteiger partial charge in [-0.15, -0.1) is 0 Å². The Labute approximate surface area is 197 Å². The number of urea groups is 1. The lowest BCUT2D eigenvalue weighted by atomic mass is 9.85. The Kier molecular flexibility index (Phi) is 5.40. The molecule has 0 spiro atoms. The predicted octanol–water partition coefficient (Wildman–Crippen LogP) is 6.08. The second-order valence-corrected chi connectivity index (χ2v) is 10.4. The molecule has 32 heavy (non-hydrogen) atoms. The molecule has 1 aliphatic carbocycles. The molecular formula is C25H28BrN3O3. The van der Waals surface area contributed by atoms with Gasteiger partial charge in [-0.25, -0.2) is 9.59 Å². The molecule has 1 saturated carbocycles. The predicted molar refractivity (Wildman–Crippen MR) is 126 cm³/mol. The summed E-state index contributed by atoms with van der Waals surface area (Å²) < 4.78 is 6.81. The minimum atomic E-state index is -0.584. The topological polar surface area (TPSA) is 61.9 Å². The third-order valence-electron chi connectivity index (χ3n) is 7.02. The number of nitrogens with zero attached hydrogens (tertiary/aromatic N) is 2. The molecule has 0 radical (unpaired) electrons. The van der Waals surface area contributed by atoms with Gasteiger partial charge < -0.3 is 15.0 Å². The molecule has 0 unspecified atom stereocenters. The first-order chi connectivity index (χ1) is 15.3. The highest BCUT2D eigenvalue weighted by Crippen LogP contribution is 2.45. The number of rotatable bonds is 3. The fraction of sp³-hybridized carbons (Fsp3) is 0.440. The summed E-state index contributed by atoms with van der Waals surface area (Å²) in [6, 6.07) is 16.2. The average Bonchev–Trinajstić information content (AvgIpc) is 3.02. The molecule has 6 nitrogen and oxygen atoms in total. The maximum absolute atomic E-state index is 12.9. The SMILES string of the molecule is CC1(C)OC(=O)N([C@H]2CC[C@H](N3Cc4cc(Br)ccc4NC3=O)CC2)[C@H]1c1ccccc1. The van der Waals surface area contributed by atoms with Crippen molar-refractivity contribution >= 4 is 33.7 Å². The van der Waals surface area contributed by atoms with E-state index in [1.807, 2.05) is 54.0 Å². The van der Waals surface area contributed by atoms with E-state index in [1.165, 1.54) is 0 Å². The normalized spacial score (nSPS) is 27.0. The maximum atomic E-state index is 12.9. The molecule has 0 bridgehead atoms. The molecule has 168 valence electrons. The zero-order valence-electron chi connectivity index (χ0n) is 18.4. The average molecular weight is 498 g/mol. The number of ether oxygens (including phenoxy) is 1. The van der Waals surface area contributed by atoms with Gasteiger partial charge in [-0.2, -0.15) is 0 Å². The second-order valence-electron chi connectivity index (χ2n) is 9.51. The van der Waals surface area contributed by atoms with Gasteiger partial charge in [0.15, 0.2) is 0 Å². The monoisotopic (exact) mass is 497 g/mol. The van der Waals surface area contributed by atoms with Gasteiger partial charge in [0, 0.05) is 28.8 Å². The molecule has 3 amide bonds. The summed E-state index contributed by atoms with van der Waals surface area (Å²) in [5.41, 5.74) is 2.52. The Hall–Kier alpha value is -2.54. The van der Waals surface area contributed by atoms with Gasteiger partial charge in [0.2, 0.25) is 0 Å². The highest BCUT2D eigenvalue weighted by atomic mass is 79.9. The van der Waals surface area contributed by atoms with E-state index in [2.05, 4.69) is 39.4 Å². The van der Waals surface area contributed by atoms with Crippen molar-refractivity contribution in [3.8, 4) is 0 Å². The molecule has 2 heterocycles. The third kappa shape index (κ3) is 3.76. The third-order valence-corrected chi connectivity index (χ3v) is 7.52. The highest BCUT2D eigenvalue weighted by molar-refractivity contribution is 9.10. The lowest BCUT2D eigenvalue weighted by Gasteiger charge is -2.42. The van der Waals surface area contributed by atoms with Crippen LogP contribution in [0, 0.1) is 0 Å². The molecule has 2 aromatic carbocycles. The van der Waals surface area contributed by atoms with E-state index in [1.54, 1.807) is 0 Å². The standard InChI is InChI=1S/C25H28BrN3O3/c1-25(2)22(16-6-4-3-5-7-16)29(24(31)32-25)20-11-9-19(10-12-20)28-15-17-14-18(26)8-13-21(17)27-23(28)30/h3-8,13-14,19-20,22H,9-12,15H2,1-2H3,(H,27,30)/t19-,20-,22-/m0/s1. The van der Waals surface area contributed by atoms with Crippen LogP contribution in [0.5, 0.6) is 0 Å². The largest absolute Gasteiger partial charge is 0.441 e. The molecular weight excluding hydrogens is 470 g/mol. The summed E-state index contributed by atoms with van der Waals surface area (Å²) in [7, 11) is 0. The maximum Gasteiger partial charge on any atom is 0.411 e. The number of anilines is 1. The number of carbonyl (C=O) groups excluding carboxylic acids is 2. The molecule has 2 aliphatic heterocycles. The van der Waals surface area contributed by atoms with Crippen LogP contribution in [0.25, 0.3) is 0 Å². The number of carbonyl (C=O) groups is 2. The van der Waals surface area contributed by atoms with Crippen LogP contribution >= 0.6 is 15.9 Å². The van der Waals surface area contributed by atoms with Crippen molar-refractivity contribution in [1.82, 2.24) is 9.80 Å². The Balaban J connectivity index is 1.31. The fourth-order valence-electron chi connectivity index (χ4n) is 5.53. The molecule has 2 fully saturated rings. The number of fused-ring (bicyclic) bond motifs is 1. The Morgan fingerprint density at radius 2 is 1.69 bits per heavy atom.